The molecule has 0 N–H and O–H groups in total. The number of fused-ring (bicyclic) bond motifs is 3. The third kappa shape index (κ3) is 2.38. The number of ether oxygens (including phenoxy) is 4. The highest BCUT2D eigenvalue weighted by Crippen LogP contribution is 2.40. The van der Waals surface area contributed by atoms with E-state index in [0.29, 0.717) is 28.6 Å². The summed E-state index contributed by atoms with van der Waals surface area (Å²) in [7, 11) is 6.33. The maximum Gasteiger partial charge on any atom is 0.161 e. The molecule has 0 aromatic heterocycles. The third-order valence-corrected chi connectivity index (χ3v) is 4.12. The Balaban J connectivity index is 2.49. The maximum atomic E-state index is 11.6. The van der Waals surface area contributed by atoms with Gasteiger partial charge in [0, 0.05) is 5.56 Å². The first-order chi connectivity index (χ1) is 11.7. The molecule has 0 atom stereocenters. The summed E-state index contributed by atoms with van der Waals surface area (Å²) in [6.45, 7) is 0. The minimum atomic E-state index is 0.575. The Morgan fingerprint density at radius 3 is 1.58 bits per heavy atom. The van der Waals surface area contributed by atoms with Crippen LogP contribution < -0.4 is 18.9 Å². The molecule has 0 radical (unpaired) electrons. The van der Waals surface area contributed by atoms with Crippen LogP contribution in [-0.4, -0.2) is 34.7 Å². The number of methoxy groups -OCH3 is 4. The lowest BCUT2D eigenvalue weighted by atomic mass is 9.96. The first-order valence-electron chi connectivity index (χ1n) is 7.36. The molecule has 0 aliphatic carbocycles. The highest BCUT2D eigenvalue weighted by Gasteiger charge is 2.15. The first-order valence-corrected chi connectivity index (χ1v) is 7.36. The van der Waals surface area contributed by atoms with E-state index in [0.717, 1.165) is 27.8 Å². The van der Waals surface area contributed by atoms with Gasteiger partial charge in [-0.15, -0.1) is 0 Å². The zero-order chi connectivity index (χ0) is 17.3. The molecular weight excluding hydrogens is 308 g/mol. The normalized spacial score (nSPS) is 10.7. The molecule has 124 valence electrons. The standard InChI is InChI=1S/C19H18O5/c1-21-16-6-11-5-12(10-20)14-8-18(23-3)19(24-4)9-15(14)13(11)7-17(16)22-2/h5-10H,1-4H3. The number of hydrogen-bond donors (Lipinski definition) is 0. The summed E-state index contributed by atoms with van der Waals surface area (Å²) < 4.78 is 21.5. The Morgan fingerprint density at radius 2 is 1.08 bits per heavy atom. The lowest BCUT2D eigenvalue weighted by Gasteiger charge is -2.14. The fraction of sp³-hybridized carbons (Fsp3) is 0.211. The van der Waals surface area contributed by atoms with E-state index < -0.39 is 0 Å². The molecule has 3 aromatic rings. The average Bonchev–Trinajstić information content (AvgIpc) is 2.64. The lowest BCUT2D eigenvalue weighted by molar-refractivity contribution is 0.112. The second-order valence-electron chi connectivity index (χ2n) is 5.26. The Bertz CT molecular complexity index is 930. The predicted octanol–water partition coefficient (Wildman–Crippen LogP) is 3.84. The second-order valence-corrected chi connectivity index (χ2v) is 5.26. The van der Waals surface area contributed by atoms with Crippen LogP contribution in [-0.2, 0) is 0 Å². The van der Waals surface area contributed by atoms with Crippen molar-refractivity contribution in [1.29, 1.82) is 0 Å². The van der Waals surface area contributed by atoms with Crippen molar-refractivity contribution in [3.05, 3.63) is 35.9 Å². The smallest absolute Gasteiger partial charge is 0.161 e. The second kappa shape index (κ2) is 6.28. The summed E-state index contributed by atoms with van der Waals surface area (Å²) in [6, 6.07) is 9.27. The minimum absolute atomic E-state index is 0.575. The van der Waals surface area contributed by atoms with Crippen molar-refractivity contribution in [2.75, 3.05) is 28.4 Å². The minimum Gasteiger partial charge on any atom is -0.493 e. The van der Waals surface area contributed by atoms with Crippen LogP contribution in [0.25, 0.3) is 21.5 Å². The molecule has 5 nitrogen and oxygen atoms in total. The Kier molecular flexibility index (Phi) is 4.16. The summed E-state index contributed by atoms with van der Waals surface area (Å²) in [5.74, 6) is 2.42. The average molecular weight is 326 g/mol. The fourth-order valence-electron chi connectivity index (χ4n) is 2.93. The van der Waals surface area contributed by atoms with E-state index in [2.05, 4.69) is 0 Å². The Morgan fingerprint density at radius 1 is 0.625 bits per heavy atom. The van der Waals surface area contributed by atoms with Gasteiger partial charge in [0.15, 0.2) is 29.3 Å². The number of carbonyl (C=O) groups is 1. The molecular formula is C19H18O5. The number of aldehydes is 1. The topological polar surface area (TPSA) is 54.0 Å². The van der Waals surface area contributed by atoms with Gasteiger partial charge in [-0.25, -0.2) is 0 Å². The maximum absolute atomic E-state index is 11.6. The lowest BCUT2D eigenvalue weighted by Crippen LogP contribution is -1.95. The summed E-state index contributed by atoms with van der Waals surface area (Å²) >= 11 is 0. The monoisotopic (exact) mass is 326 g/mol. The van der Waals surface area contributed by atoms with Crippen molar-refractivity contribution >= 4 is 27.8 Å². The zero-order valence-electron chi connectivity index (χ0n) is 14.0. The molecule has 0 saturated heterocycles. The zero-order valence-corrected chi connectivity index (χ0v) is 14.0. The molecule has 0 aliphatic heterocycles. The molecule has 0 heterocycles. The SMILES string of the molecule is COc1cc2cc(C=O)c3cc(OC)c(OC)cc3c2cc1OC. The third-order valence-electron chi connectivity index (χ3n) is 4.12. The van der Waals surface area contributed by atoms with Gasteiger partial charge in [-0.3, -0.25) is 4.79 Å². The Labute approximate surface area is 139 Å². The molecule has 24 heavy (non-hydrogen) atoms. The summed E-state index contributed by atoms with van der Waals surface area (Å²) in [5.41, 5.74) is 0.575. The van der Waals surface area contributed by atoms with Crippen molar-refractivity contribution in [2.45, 2.75) is 0 Å². The fourth-order valence-corrected chi connectivity index (χ4v) is 2.93. The van der Waals surface area contributed by atoms with E-state index >= 15 is 0 Å². The van der Waals surface area contributed by atoms with E-state index in [9.17, 15) is 4.79 Å². The summed E-state index contributed by atoms with van der Waals surface area (Å²) in [4.78, 5) is 11.6. The molecule has 3 rings (SSSR count). The van der Waals surface area contributed by atoms with Crippen LogP contribution in [0.3, 0.4) is 0 Å². The van der Waals surface area contributed by atoms with Crippen LogP contribution in [0.15, 0.2) is 30.3 Å². The molecule has 0 spiro atoms. The molecule has 0 saturated carbocycles. The van der Waals surface area contributed by atoms with Crippen LogP contribution in [0.4, 0.5) is 0 Å². The van der Waals surface area contributed by atoms with E-state index in [1.165, 1.54) is 0 Å². The van der Waals surface area contributed by atoms with Crippen LogP contribution in [0.5, 0.6) is 23.0 Å². The molecule has 0 unspecified atom stereocenters. The predicted molar refractivity (Wildman–Crippen MR) is 93.0 cm³/mol. The molecule has 0 fully saturated rings. The van der Waals surface area contributed by atoms with Gasteiger partial charge < -0.3 is 18.9 Å². The molecule has 0 aliphatic rings. The largest absolute Gasteiger partial charge is 0.493 e. The molecule has 0 bridgehead atoms. The van der Waals surface area contributed by atoms with Crippen LogP contribution in [0, 0.1) is 0 Å². The number of carbonyl (C=O) groups excluding carboxylic acids is 1. The summed E-state index contributed by atoms with van der Waals surface area (Å²) in [5, 5.41) is 3.50. The van der Waals surface area contributed by atoms with Gasteiger partial charge in [0.2, 0.25) is 0 Å². The highest BCUT2D eigenvalue weighted by molar-refractivity contribution is 6.15. The first kappa shape index (κ1) is 15.9. The number of benzene rings is 3. The van der Waals surface area contributed by atoms with Gasteiger partial charge in [0.1, 0.15) is 0 Å². The van der Waals surface area contributed by atoms with Crippen LogP contribution in [0.1, 0.15) is 10.4 Å². The van der Waals surface area contributed by atoms with E-state index in [1.807, 2.05) is 30.3 Å². The number of hydrogen-bond acceptors (Lipinski definition) is 5. The van der Waals surface area contributed by atoms with Gasteiger partial charge in [-0.05, 0) is 51.9 Å². The number of rotatable bonds is 5. The van der Waals surface area contributed by atoms with Crippen molar-refractivity contribution in [2.24, 2.45) is 0 Å². The van der Waals surface area contributed by atoms with Gasteiger partial charge >= 0.3 is 0 Å². The molecule has 0 amide bonds. The van der Waals surface area contributed by atoms with E-state index in [4.69, 9.17) is 18.9 Å². The van der Waals surface area contributed by atoms with E-state index in [1.54, 1.807) is 28.4 Å². The highest BCUT2D eigenvalue weighted by atomic mass is 16.5. The van der Waals surface area contributed by atoms with Crippen molar-refractivity contribution < 1.29 is 23.7 Å². The van der Waals surface area contributed by atoms with Gasteiger partial charge in [0.25, 0.3) is 0 Å². The van der Waals surface area contributed by atoms with Crippen molar-refractivity contribution in [3.8, 4) is 23.0 Å². The van der Waals surface area contributed by atoms with Gasteiger partial charge in [-0.1, -0.05) is 0 Å². The van der Waals surface area contributed by atoms with Crippen molar-refractivity contribution in [1.82, 2.24) is 0 Å². The summed E-state index contributed by atoms with van der Waals surface area (Å²) in [6.07, 6.45) is 0.838. The molecule has 5 heteroatoms. The quantitative estimate of drug-likeness (QED) is 0.527. The van der Waals surface area contributed by atoms with Gasteiger partial charge in [0.05, 0.1) is 28.4 Å². The molecule has 3 aromatic carbocycles. The van der Waals surface area contributed by atoms with Crippen molar-refractivity contribution in [3.63, 3.8) is 0 Å². The van der Waals surface area contributed by atoms with E-state index in [-0.39, 0.29) is 0 Å². The van der Waals surface area contributed by atoms with Crippen LogP contribution in [0.2, 0.25) is 0 Å². The Hall–Kier alpha value is -2.95. The van der Waals surface area contributed by atoms with Crippen LogP contribution >= 0.6 is 0 Å². The van der Waals surface area contributed by atoms with Gasteiger partial charge in [-0.2, -0.15) is 0 Å².